The molecule has 2 fully saturated rings. The van der Waals surface area contributed by atoms with Crippen molar-refractivity contribution >= 4 is 11.6 Å². The van der Waals surface area contributed by atoms with Gasteiger partial charge in [0.05, 0.1) is 12.2 Å². The highest BCUT2D eigenvalue weighted by Crippen LogP contribution is 2.27. The van der Waals surface area contributed by atoms with Gasteiger partial charge in [-0.3, -0.25) is 9.69 Å². The summed E-state index contributed by atoms with van der Waals surface area (Å²) in [7, 11) is 0. The summed E-state index contributed by atoms with van der Waals surface area (Å²) in [4.78, 5) is 16.2. The largest absolute Gasteiger partial charge is 0.372 e. The molecule has 5 heteroatoms. The van der Waals surface area contributed by atoms with Gasteiger partial charge in [-0.1, -0.05) is 18.2 Å². The predicted octanol–water partition coefficient (Wildman–Crippen LogP) is 2.39. The van der Waals surface area contributed by atoms with Crippen LogP contribution in [0.5, 0.6) is 0 Å². The quantitative estimate of drug-likeness (QED) is 0.890. The maximum atomic E-state index is 11.2. The second-order valence-corrected chi connectivity index (χ2v) is 7.70. The number of piperidine rings is 1. The summed E-state index contributed by atoms with van der Waals surface area (Å²) < 4.78 is 5.88. The third-order valence-electron chi connectivity index (χ3n) is 5.24. The Kier molecular flexibility index (Phi) is 5.97. The lowest BCUT2D eigenvalue weighted by Crippen LogP contribution is -2.46. The third kappa shape index (κ3) is 4.95. The van der Waals surface area contributed by atoms with Crippen molar-refractivity contribution in [3.8, 4) is 0 Å². The Balaban J connectivity index is 1.69. The van der Waals surface area contributed by atoms with Crippen molar-refractivity contribution in [2.75, 3.05) is 31.1 Å². The zero-order valence-corrected chi connectivity index (χ0v) is 15.5. The maximum Gasteiger partial charge on any atom is 0.217 e. The van der Waals surface area contributed by atoms with Crippen molar-refractivity contribution < 1.29 is 9.53 Å². The molecule has 3 rings (SSSR count). The van der Waals surface area contributed by atoms with E-state index in [1.54, 1.807) is 0 Å². The molecule has 2 aliphatic rings. The van der Waals surface area contributed by atoms with Crippen LogP contribution in [0.25, 0.3) is 0 Å². The van der Waals surface area contributed by atoms with Gasteiger partial charge >= 0.3 is 0 Å². The van der Waals surface area contributed by atoms with Crippen LogP contribution in [0.1, 0.15) is 38.7 Å². The lowest BCUT2D eigenvalue weighted by atomic mass is 9.94. The van der Waals surface area contributed by atoms with E-state index in [0.717, 1.165) is 45.6 Å². The fraction of sp³-hybridized carbons (Fsp3) is 0.650. The van der Waals surface area contributed by atoms with E-state index < -0.39 is 0 Å². The topological polar surface area (TPSA) is 58.8 Å². The Bertz CT molecular complexity index is 582. The molecule has 0 aliphatic carbocycles. The smallest absolute Gasteiger partial charge is 0.217 e. The normalized spacial score (nSPS) is 28.1. The van der Waals surface area contributed by atoms with Gasteiger partial charge in [0.15, 0.2) is 0 Å². The predicted molar refractivity (Wildman–Crippen MR) is 100 cm³/mol. The van der Waals surface area contributed by atoms with Gasteiger partial charge in [-0.25, -0.2) is 0 Å². The number of rotatable bonds is 5. The van der Waals surface area contributed by atoms with E-state index >= 15 is 0 Å². The second-order valence-electron chi connectivity index (χ2n) is 7.70. The van der Waals surface area contributed by atoms with E-state index in [9.17, 15) is 4.79 Å². The van der Waals surface area contributed by atoms with E-state index in [2.05, 4.69) is 47.9 Å². The Morgan fingerprint density at radius 2 is 1.92 bits per heavy atom. The Labute approximate surface area is 151 Å². The van der Waals surface area contributed by atoms with Crippen molar-refractivity contribution in [3.63, 3.8) is 0 Å². The molecule has 0 spiro atoms. The number of carbonyl (C=O) groups is 1. The number of carbonyl (C=O) groups excluding carboxylic acids is 1. The number of nitrogens with zero attached hydrogens (tertiary/aromatic N) is 2. The van der Waals surface area contributed by atoms with E-state index in [0.29, 0.717) is 12.3 Å². The average Bonchev–Trinajstić information content (AvgIpc) is 2.54. The van der Waals surface area contributed by atoms with Crippen LogP contribution < -0.4 is 10.6 Å². The monoisotopic (exact) mass is 345 g/mol. The Hall–Kier alpha value is -1.59. The fourth-order valence-electron chi connectivity index (χ4n) is 4.31. The van der Waals surface area contributed by atoms with Gasteiger partial charge in [-0.05, 0) is 50.8 Å². The number of hydrogen-bond acceptors (Lipinski definition) is 4. The number of likely N-dealkylation sites (tertiary alicyclic amines) is 1. The summed E-state index contributed by atoms with van der Waals surface area (Å²) in [6.45, 7) is 9.16. The molecule has 2 aliphatic heterocycles. The van der Waals surface area contributed by atoms with Crippen molar-refractivity contribution in [2.45, 2.75) is 51.9 Å². The molecule has 3 atom stereocenters. The Morgan fingerprint density at radius 1 is 1.20 bits per heavy atom. The highest BCUT2D eigenvalue weighted by molar-refractivity contribution is 5.74. The molecule has 1 aromatic rings. The molecule has 0 radical (unpaired) electrons. The number of ether oxygens (including phenoxy) is 1. The van der Waals surface area contributed by atoms with Crippen LogP contribution in [-0.2, 0) is 16.1 Å². The van der Waals surface area contributed by atoms with Gasteiger partial charge < -0.3 is 15.4 Å². The van der Waals surface area contributed by atoms with Crippen LogP contribution in [-0.4, -0.2) is 49.2 Å². The number of para-hydroxylation sites is 1. The van der Waals surface area contributed by atoms with Crippen molar-refractivity contribution in [1.29, 1.82) is 0 Å². The minimum atomic E-state index is -0.177. The zero-order valence-electron chi connectivity index (χ0n) is 15.5. The van der Waals surface area contributed by atoms with E-state index in [4.69, 9.17) is 10.5 Å². The first kappa shape index (κ1) is 18.2. The van der Waals surface area contributed by atoms with Gasteiger partial charge in [0.1, 0.15) is 0 Å². The van der Waals surface area contributed by atoms with E-state index in [1.807, 2.05) is 0 Å². The van der Waals surface area contributed by atoms with Gasteiger partial charge in [0.2, 0.25) is 5.91 Å². The molecule has 0 unspecified atom stereocenters. The fourth-order valence-corrected chi connectivity index (χ4v) is 4.31. The molecule has 5 nitrogen and oxygen atoms in total. The van der Waals surface area contributed by atoms with Crippen LogP contribution in [0.4, 0.5) is 5.69 Å². The molecule has 1 aromatic carbocycles. The van der Waals surface area contributed by atoms with Gasteiger partial charge in [0.25, 0.3) is 0 Å². The number of benzene rings is 1. The molecule has 2 heterocycles. The summed E-state index contributed by atoms with van der Waals surface area (Å²) in [5, 5.41) is 0. The second kappa shape index (κ2) is 8.19. The van der Waals surface area contributed by atoms with Crippen molar-refractivity contribution in [1.82, 2.24) is 4.90 Å². The van der Waals surface area contributed by atoms with Crippen LogP contribution in [0.3, 0.4) is 0 Å². The first-order valence-corrected chi connectivity index (χ1v) is 9.50. The summed E-state index contributed by atoms with van der Waals surface area (Å²) >= 11 is 0. The van der Waals surface area contributed by atoms with Crippen LogP contribution in [0.15, 0.2) is 24.3 Å². The third-order valence-corrected chi connectivity index (χ3v) is 5.24. The van der Waals surface area contributed by atoms with E-state index in [-0.39, 0.29) is 18.1 Å². The Morgan fingerprint density at radius 3 is 2.64 bits per heavy atom. The van der Waals surface area contributed by atoms with Gasteiger partial charge in [-0.2, -0.15) is 0 Å². The summed E-state index contributed by atoms with van der Waals surface area (Å²) in [5.41, 5.74) is 8.08. The van der Waals surface area contributed by atoms with Gasteiger partial charge in [0, 0.05) is 38.3 Å². The SMILES string of the molecule is C[C@@H]1CN(c2ccccc2CN2CCC[C@@H](CC(N)=O)C2)C[C@H](C)O1. The standard InChI is InChI=1S/C20H31N3O2/c1-15-11-23(12-16(2)25-15)19-8-4-3-7-18(19)14-22-9-5-6-17(13-22)10-20(21)24/h3-4,7-8,15-17H,5-6,9-14H2,1-2H3,(H2,21,24)/t15-,16+,17-/m0/s1. The van der Waals surface area contributed by atoms with Crippen LogP contribution >= 0.6 is 0 Å². The molecule has 0 aromatic heterocycles. The van der Waals surface area contributed by atoms with E-state index in [1.165, 1.54) is 11.3 Å². The molecule has 138 valence electrons. The first-order chi connectivity index (χ1) is 12.0. The van der Waals surface area contributed by atoms with Crippen LogP contribution in [0, 0.1) is 5.92 Å². The number of amides is 1. The molecule has 0 bridgehead atoms. The summed E-state index contributed by atoms with van der Waals surface area (Å²) in [6.07, 6.45) is 3.28. The molecule has 1 amide bonds. The number of nitrogens with two attached hydrogens (primary N) is 1. The number of anilines is 1. The van der Waals surface area contributed by atoms with Crippen LogP contribution in [0.2, 0.25) is 0 Å². The summed E-state index contributed by atoms with van der Waals surface area (Å²) in [6, 6.07) is 8.70. The molecule has 2 N–H and O–H groups in total. The molecule has 25 heavy (non-hydrogen) atoms. The number of primary amides is 1. The van der Waals surface area contributed by atoms with Crippen molar-refractivity contribution in [3.05, 3.63) is 29.8 Å². The lowest BCUT2D eigenvalue weighted by Gasteiger charge is -2.39. The van der Waals surface area contributed by atoms with Gasteiger partial charge in [-0.15, -0.1) is 0 Å². The lowest BCUT2D eigenvalue weighted by molar-refractivity contribution is -0.119. The molecular formula is C20H31N3O2. The molecule has 0 saturated carbocycles. The zero-order chi connectivity index (χ0) is 17.8. The maximum absolute atomic E-state index is 11.2. The van der Waals surface area contributed by atoms with Crippen molar-refractivity contribution in [2.24, 2.45) is 11.7 Å². The average molecular weight is 345 g/mol. The minimum absolute atomic E-state index is 0.177. The summed E-state index contributed by atoms with van der Waals surface area (Å²) in [5.74, 6) is 0.227. The highest BCUT2D eigenvalue weighted by Gasteiger charge is 2.26. The number of morpholine rings is 1. The molecular weight excluding hydrogens is 314 g/mol. The number of hydrogen-bond donors (Lipinski definition) is 1. The first-order valence-electron chi connectivity index (χ1n) is 9.50. The molecule has 2 saturated heterocycles. The highest BCUT2D eigenvalue weighted by atomic mass is 16.5. The minimum Gasteiger partial charge on any atom is -0.372 e.